The van der Waals surface area contributed by atoms with Crippen LogP contribution < -0.4 is 4.90 Å². The molecule has 1 aliphatic heterocycles. The minimum absolute atomic E-state index is 0.281. The summed E-state index contributed by atoms with van der Waals surface area (Å²) in [6.07, 6.45) is 7.57. The van der Waals surface area contributed by atoms with Crippen LogP contribution in [0.1, 0.15) is 18.2 Å². The molecule has 3 rings (SSSR count). The average Bonchev–Trinajstić information content (AvgIpc) is 3.17. The molecule has 23 heavy (non-hydrogen) atoms. The zero-order valence-corrected chi connectivity index (χ0v) is 13.4. The van der Waals surface area contributed by atoms with E-state index in [1.54, 1.807) is 42.7 Å². The number of nitrogens with zero attached hydrogens (tertiary/aromatic N) is 1. The van der Waals surface area contributed by atoms with Crippen molar-refractivity contribution in [2.24, 2.45) is 0 Å². The second-order valence-electron chi connectivity index (χ2n) is 4.93. The number of carbonyl (C=O) groups is 2. The van der Waals surface area contributed by atoms with E-state index in [0.717, 1.165) is 23.7 Å². The van der Waals surface area contributed by atoms with Crippen molar-refractivity contribution >= 4 is 34.7 Å². The maximum atomic E-state index is 12.4. The number of benzene rings is 1. The molecule has 0 radical (unpaired) electrons. The number of aryl methyl sites for hydroxylation is 1. The standard InChI is InChI=1S/C18H15NO3S/c1-2-13-8-10-14(11-9-13)19-17(20)16(23-18(19)21)7-3-5-15-6-4-12-22-15/h3-12H,2H2,1H3/b5-3+,16-7-. The zero-order chi connectivity index (χ0) is 16.2. The number of rotatable bonds is 4. The molecular formula is C18H15NO3S. The number of imide groups is 1. The van der Waals surface area contributed by atoms with Gasteiger partial charge >= 0.3 is 0 Å². The molecule has 0 N–H and O–H groups in total. The summed E-state index contributed by atoms with van der Waals surface area (Å²) in [5.74, 6) is 0.393. The molecule has 1 aromatic carbocycles. The first-order chi connectivity index (χ1) is 11.2. The minimum Gasteiger partial charge on any atom is -0.465 e. The molecule has 2 aromatic rings. The molecule has 1 saturated heterocycles. The molecule has 2 amide bonds. The van der Waals surface area contributed by atoms with Gasteiger partial charge in [0.15, 0.2) is 0 Å². The topological polar surface area (TPSA) is 50.5 Å². The van der Waals surface area contributed by atoms with Crippen molar-refractivity contribution in [1.82, 2.24) is 0 Å². The third kappa shape index (κ3) is 3.29. The molecule has 0 unspecified atom stereocenters. The second kappa shape index (κ2) is 6.71. The van der Waals surface area contributed by atoms with E-state index in [9.17, 15) is 9.59 Å². The molecule has 2 heterocycles. The third-order valence-corrected chi connectivity index (χ3v) is 4.34. The van der Waals surface area contributed by atoms with Gasteiger partial charge in [-0.3, -0.25) is 9.59 Å². The Morgan fingerprint density at radius 2 is 1.96 bits per heavy atom. The lowest BCUT2D eigenvalue weighted by molar-refractivity contribution is -0.113. The lowest BCUT2D eigenvalue weighted by atomic mass is 10.1. The summed E-state index contributed by atoms with van der Waals surface area (Å²) < 4.78 is 5.17. The molecule has 0 saturated carbocycles. The Morgan fingerprint density at radius 3 is 2.61 bits per heavy atom. The number of thioether (sulfide) groups is 1. The Morgan fingerprint density at radius 1 is 1.17 bits per heavy atom. The van der Waals surface area contributed by atoms with E-state index < -0.39 is 0 Å². The molecule has 4 nitrogen and oxygen atoms in total. The van der Waals surface area contributed by atoms with E-state index >= 15 is 0 Å². The Balaban J connectivity index is 1.79. The summed E-state index contributed by atoms with van der Waals surface area (Å²) in [4.78, 5) is 26.2. The van der Waals surface area contributed by atoms with Crippen LogP contribution in [0.5, 0.6) is 0 Å². The molecule has 0 spiro atoms. The molecular weight excluding hydrogens is 310 g/mol. The Bertz CT molecular complexity index is 773. The smallest absolute Gasteiger partial charge is 0.298 e. The first kappa shape index (κ1) is 15.4. The quantitative estimate of drug-likeness (QED) is 0.769. The van der Waals surface area contributed by atoms with Gasteiger partial charge in [-0.25, -0.2) is 4.90 Å². The monoisotopic (exact) mass is 325 g/mol. The van der Waals surface area contributed by atoms with Crippen molar-refractivity contribution in [2.75, 3.05) is 4.90 Å². The van der Waals surface area contributed by atoms with Gasteiger partial charge in [0.1, 0.15) is 5.76 Å². The van der Waals surface area contributed by atoms with Crippen LogP contribution in [0.2, 0.25) is 0 Å². The lowest BCUT2D eigenvalue weighted by Crippen LogP contribution is -2.27. The molecule has 1 aliphatic rings. The van der Waals surface area contributed by atoms with Gasteiger partial charge in [0, 0.05) is 0 Å². The number of carbonyl (C=O) groups excluding carboxylic acids is 2. The van der Waals surface area contributed by atoms with Gasteiger partial charge in [0.2, 0.25) is 0 Å². The third-order valence-electron chi connectivity index (χ3n) is 3.45. The second-order valence-corrected chi connectivity index (χ2v) is 5.93. The van der Waals surface area contributed by atoms with E-state index in [1.165, 1.54) is 4.90 Å². The van der Waals surface area contributed by atoms with E-state index in [-0.39, 0.29) is 11.1 Å². The van der Waals surface area contributed by atoms with Gasteiger partial charge in [-0.05, 0) is 60.2 Å². The number of hydrogen-bond donors (Lipinski definition) is 0. The van der Waals surface area contributed by atoms with Crippen LogP contribution in [0.25, 0.3) is 6.08 Å². The fourth-order valence-corrected chi connectivity index (χ4v) is 2.99. The number of anilines is 1. The maximum absolute atomic E-state index is 12.4. The summed E-state index contributed by atoms with van der Waals surface area (Å²) in [5.41, 5.74) is 1.76. The van der Waals surface area contributed by atoms with Crippen LogP contribution in [0, 0.1) is 0 Å². The molecule has 0 aliphatic carbocycles. The van der Waals surface area contributed by atoms with Crippen LogP contribution >= 0.6 is 11.8 Å². The molecule has 1 aromatic heterocycles. The van der Waals surface area contributed by atoms with Crippen molar-refractivity contribution in [2.45, 2.75) is 13.3 Å². The molecule has 116 valence electrons. The van der Waals surface area contributed by atoms with Crippen molar-refractivity contribution in [3.8, 4) is 0 Å². The predicted octanol–water partition coefficient (Wildman–Crippen LogP) is 4.64. The number of hydrogen-bond acceptors (Lipinski definition) is 4. The van der Waals surface area contributed by atoms with Gasteiger partial charge in [-0.2, -0.15) is 0 Å². The highest BCUT2D eigenvalue weighted by Gasteiger charge is 2.35. The zero-order valence-electron chi connectivity index (χ0n) is 12.6. The highest BCUT2D eigenvalue weighted by Crippen LogP contribution is 2.34. The summed E-state index contributed by atoms with van der Waals surface area (Å²) in [5, 5.41) is -0.281. The number of furan rings is 1. The van der Waals surface area contributed by atoms with Crippen LogP contribution in [-0.2, 0) is 11.2 Å². The minimum atomic E-state index is -0.298. The van der Waals surface area contributed by atoms with Crippen molar-refractivity contribution < 1.29 is 14.0 Å². The lowest BCUT2D eigenvalue weighted by Gasteiger charge is -2.12. The summed E-state index contributed by atoms with van der Waals surface area (Å²) in [7, 11) is 0. The number of allylic oxidation sites excluding steroid dienone is 2. The largest absolute Gasteiger partial charge is 0.465 e. The molecule has 5 heteroatoms. The van der Waals surface area contributed by atoms with E-state index in [2.05, 4.69) is 6.92 Å². The van der Waals surface area contributed by atoms with Gasteiger partial charge < -0.3 is 4.42 Å². The molecule has 0 bridgehead atoms. The molecule has 1 fully saturated rings. The Hall–Kier alpha value is -2.53. The van der Waals surface area contributed by atoms with Gasteiger partial charge in [-0.15, -0.1) is 0 Å². The van der Waals surface area contributed by atoms with Crippen molar-refractivity contribution in [3.05, 3.63) is 71.0 Å². The van der Waals surface area contributed by atoms with Crippen molar-refractivity contribution in [1.29, 1.82) is 0 Å². The normalized spacial score (nSPS) is 16.9. The first-order valence-electron chi connectivity index (χ1n) is 7.26. The fraction of sp³-hybridized carbons (Fsp3) is 0.111. The van der Waals surface area contributed by atoms with Crippen LogP contribution in [0.4, 0.5) is 10.5 Å². The van der Waals surface area contributed by atoms with Crippen LogP contribution in [0.3, 0.4) is 0 Å². The fourth-order valence-electron chi connectivity index (χ4n) is 2.20. The Labute approximate surface area is 138 Å². The van der Waals surface area contributed by atoms with Crippen LogP contribution in [-0.4, -0.2) is 11.1 Å². The van der Waals surface area contributed by atoms with E-state index in [0.29, 0.717) is 16.4 Å². The van der Waals surface area contributed by atoms with Gasteiger partial charge in [0.05, 0.1) is 16.9 Å². The highest BCUT2D eigenvalue weighted by molar-refractivity contribution is 8.18. The molecule has 0 atom stereocenters. The van der Waals surface area contributed by atoms with Gasteiger partial charge in [-0.1, -0.05) is 25.1 Å². The average molecular weight is 325 g/mol. The summed E-state index contributed by atoms with van der Waals surface area (Å²) in [6.45, 7) is 2.06. The highest BCUT2D eigenvalue weighted by atomic mass is 32.2. The van der Waals surface area contributed by atoms with E-state index in [1.807, 2.05) is 18.2 Å². The van der Waals surface area contributed by atoms with Crippen molar-refractivity contribution in [3.63, 3.8) is 0 Å². The maximum Gasteiger partial charge on any atom is 0.298 e. The number of amides is 2. The summed E-state index contributed by atoms with van der Waals surface area (Å²) >= 11 is 0.940. The predicted molar refractivity (Wildman–Crippen MR) is 92.1 cm³/mol. The summed E-state index contributed by atoms with van der Waals surface area (Å²) in [6, 6.07) is 11.1. The SMILES string of the molecule is CCc1ccc(N2C(=O)S/C(=C\C=C\c3ccco3)C2=O)cc1. The van der Waals surface area contributed by atoms with E-state index in [4.69, 9.17) is 4.42 Å². The van der Waals surface area contributed by atoms with Gasteiger partial charge in [0.25, 0.3) is 11.1 Å². The Kier molecular flexibility index (Phi) is 4.48. The van der Waals surface area contributed by atoms with Crippen LogP contribution in [0.15, 0.2) is 64.1 Å². The first-order valence-corrected chi connectivity index (χ1v) is 8.08.